The van der Waals surface area contributed by atoms with Crippen LogP contribution in [0.3, 0.4) is 0 Å². The van der Waals surface area contributed by atoms with E-state index in [9.17, 15) is 0 Å². The summed E-state index contributed by atoms with van der Waals surface area (Å²) in [4.78, 5) is 4.46. The smallest absolute Gasteiger partial charge is 0.152 e. The maximum absolute atomic E-state index is 5.96. The molecular formula is C15H23N5. The van der Waals surface area contributed by atoms with Gasteiger partial charge in [0.25, 0.3) is 0 Å². The zero-order valence-electron chi connectivity index (χ0n) is 12.2. The number of rotatable bonds is 4. The minimum absolute atomic E-state index is 0.382. The number of aromatic nitrogens is 3. The second-order valence-corrected chi connectivity index (χ2v) is 6.15. The van der Waals surface area contributed by atoms with Crippen molar-refractivity contribution in [1.29, 1.82) is 0 Å². The molecule has 3 N–H and O–H groups in total. The first-order valence-electron chi connectivity index (χ1n) is 7.47. The quantitative estimate of drug-likeness (QED) is 0.897. The average molecular weight is 273 g/mol. The fraction of sp³-hybridized carbons (Fsp3) is 0.600. The highest BCUT2D eigenvalue weighted by molar-refractivity contribution is 5.67. The molecule has 1 fully saturated rings. The van der Waals surface area contributed by atoms with Crippen molar-refractivity contribution in [1.82, 2.24) is 14.6 Å². The maximum Gasteiger partial charge on any atom is 0.152 e. The van der Waals surface area contributed by atoms with Crippen molar-refractivity contribution >= 4 is 11.3 Å². The molecule has 3 rings (SSSR count). The van der Waals surface area contributed by atoms with Crippen molar-refractivity contribution in [2.24, 2.45) is 11.7 Å². The van der Waals surface area contributed by atoms with Gasteiger partial charge in [-0.15, -0.1) is 0 Å². The molecular weight excluding hydrogens is 250 g/mol. The summed E-state index contributed by atoms with van der Waals surface area (Å²) in [6.45, 7) is 5.26. The molecule has 0 aliphatic heterocycles. The fourth-order valence-electron chi connectivity index (χ4n) is 2.90. The van der Waals surface area contributed by atoms with Crippen molar-refractivity contribution in [2.45, 2.75) is 45.1 Å². The van der Waals surface area contributed by atoms with Gasteiger partial charge >= 0.3 is 0 Å². The molecule has 1 aliphatic rings. The Morgan fingerprint density at radius 3 is 3.00 bits per heavy atom. The van der Waals surface area contributed by atoms with Crippen LogP contribution in [0.2, 0.25) is 0 Å². The highest BCUT2D eigenvalue weighted by Crippen LogP contribution is 2.25. The summed E-state index contributed by atoms with van der Waals surface area (Å²) >= 11 is 0. The molecule has 1 aliphatic carbocycles. The van der Waals surface area contributed by atoms with Gasteiger partial charge in [-0.1, -0.05) is 13.8 Å². The van der Waals surface area contributed by atoms with E-state index >= 15 is 0 Å². The van der Waals surface area contributed by atoms with E-state index in [1.165, 1.54) is 6.42 Å². The number of hydrogen-bond donors (Lipinski definition) is 2. The lowest BCUT2D eigenvalue weighted by Crippen LogP contribution is -2.18. The van der Waals surface area contributed by atoms with Gasteiger partial charge in [-0.3, -0.25) is 0 Å². The maximum atomic E-state index is 5.96. The van der Waals surface area contributed by atoms with Crippen LogP contribution in [0.4, 0.5) is 5.82 Å². The van der Waals surface area contributed by atoms with Crippen LogP contribution < -0.4 is 11.1 Å². The zero-order valence-corrected chi connectivity index (χ0v) is 12.2. The molecule has 2 atom stereocenters. The van der Waals surface area contributed by atoms with Gasteiger partial charge in [0, 0.05) is 25.0 Å². The number of hydrogen-bond acceptors (Lipinski definition) is 4. The fourth-order valence-corrected chi connectivity index (χ4v) is 2.90. The normalized spacial score (nSPS) is 22.8. The summed E-state index contributed by atoms with van der Waals surface area (Å²) < 4.78 is 1.91. The van der Waals surface area contributed by atoms with Crippen LogP contribution >= 0.6 is 0 Å². The first-order chi connectivity index (χ1) is 9.63. The van der Waals surface area contributed by atoms with E-state index in [0.29, 0.717) is 17.9 Å². The number of nitrogens with zero attached hydrogens (tertiary/aromatic N) is 3. The molecule has 0 saturated heterocycles. The van der Waals surface area contributed by atoms with Crippen molar-refractivity contribution in [3.63, 3.8) is 0 Å². The molecule has 1 saturated carbocycles. The van der Waals surface area contributed by atoms with E-state index < -0.39 is 0 Å². The Balaban J connectivity index is 1.77. The topological polar surface area (TPSA) is 68.2 Å². The van der Waals surface area contributed by atoms with Crippen molar-refractivity contribution in [2.75, 3.05) is 11.9 Å². The molecule has 0 aromatic carbocycles. The molecule has 2 aromatic rings. The molecule has 0 radical (unpaired) electrons. The highest BCUT2D eigenvalue weighted by Gasteiger charge is 2.21. The van der Waals surface area contributed by atoms with E-state index in [2.05, 4.69) is 35.3 Å². The summed E-state index contributed by atoms with van der Waals surface area (Å²) in [5.74, 6) is 2.02. The van der Waals surface area contributed by atoms with Crippen molar-refractivity contribution < 1.29 is 0 Å². The van der Waals surface area contributed by atoms with Crippen molar-refractivity contribution in [3.05, 3.63) is 24.2 Å². The summed E-state index contributed by atoms with van der Waals surface area (Å²) in [5.41, 5.74) is 8.12. The zero-order chi connectivity index (χ0) is 14.1. The van der Waals surface area contributed by atoms with Gasteiger partial charge in [-0.05, 0) is 37.2 Å². The third-order valence-corrected chi connectivity index (χ3v) is 4.14. The van der Waals surface area contributed by atoms with E-state index in [4.69, 9.17) is 5.73 Å². The second kappa shape index (κ2) is 5.40. The highest BCUT2D eigenvalue weighted by atomic mass is 15.2. The third-order valence-electron chi connectivity index (χ3n) is 4.14. The SMILES string of the molecule is CC(C)c1cc2c(NCC3CCC(N)C3)nccn2n1. The van der Waals surface area contributed by atoms with Gasteiger partial charge < -0.3 is 11.1 Å². The molecule has 5 heteroatoms. The van der Waals surface area contributed by atoms with E-state index in [-0.39, 0.29) is 0 Å². The van der Waals surface area contributed by atoms with Crippen LogP contribution in [0, 0.1) is 5.92 Å². The molecule has 108 valence electrons. The first kappa shape index (κ1) is 13.4. The van der Waals surface area contributed by atoms with Crippen molar-refractivity contribution in [3.8, 4) is 0 Å². The lowest BCUT2D eigenvalue weighted by atomic mass is 10.1. The van der Waals surface area contributed by atoms with Crippen LogP contribution in [0.25, 0.3) is 5.52 Å². The monoisotopic (exact) mass is 273 g/mol. The van der Waals surface area contributed by atoms with E-state index in [1.54, 1.807) is 6.20 Å². The van der Waals surface area contributed by atoms with Gasteiger partial charge in [-0.2, -0.15) is 5.10 Å². The minimum Gasteiger partial charge on any atom is -0.368 e. The predicted molar refractivity (Wildman–Crippen MR) is 80.9 cm³/mol. The van der Waals surface area contributed by atoms with Crippen LogP contribution in [0.1, 0.15) is 44.7 Å². The summed E-state index contributed by atoms with van der Waals surface area (Å²) in [7, 11) is 0. The Morgan fingerprint density at radius 2 is 2.30 bits per heavy atom. The van der Waals surface area contributed by atoms with E-state index in [1.807, 2.05) is 10.7 Å². The molecule has 20 heavy (non-hydrogen) atoms. The first-order valence-corrected chi connectivity index (χ1v) is 7.47. The lowest BCUT2D eigenvalue weighted by molar-refractivity contribution is 0.565. The Kier molecular flexibility index (Phi) is 3.61. The minimum atomic E-state index is 0.382. The Labute approximate surface area is 119 Å². The molecule has 2 heterocycles. The molecule has 5 nitrogen and oxygen atoms in total. The van der Waals surface area contributed by atoms with Gasteiger partial charge in [0.05, 0.1) is 5.69 Å². The van der Waals surface area contributed by atoms with E-state index in [0.717, 1.165) is 36.4 Å². The number of nitrogens with one attached hydrogen (secondary N) is 1. The Hall–Kier alpha value is -1.62. The van der Waals surface area contributed by atoms with Gasteiger partial charge in [-0.25, -0.2) is 9.50 Å². The largest absolute Gasteiger partial charge is 0.368 e. The molecule has 2 unspecified atom stereocenters. The van der Waals surface area contributed by atoms with Crippen LogP contribution in [-0.2, 0) is 0 Å². The third kappa shape index (κ3) is 2.63. The number of anilines is 1. The second-order valence-electron chi connectivity index (χ2n) is 6.15. The molecule has 0 spiro atoms. The summed E-state index contributed by atoms with van der Waals surface area (Å²) in [5, 5.41) is 8.06. The van der Waals surface area contributed by atoms with Gasteiger partial charge in [0.1, 0.15) is 5.52 Å². The van der Waals surface area contributed by atoms with Gasteiger partial charge in [0.2, 0.25) is 0 Å². The van der Waals surface area contributed by atoms with Crippen LogP contribution in [-0.4, -0.2) is 27.2 Å². The van der Waals surface area contributed by atoms with Crippen LogP contribution in [0.5, 0.6) is 0 Å². The Morgan fingerprint density at radius 1 is 1.45 bits per heavy atom. The van der Waals surface area contributed by atoms with Gasteiger partial charge in [0.15, 0.2) is 5.82 Å². The summed E-state index contributed by atoms with van der Waals surface area (Å²) in [6, 6.07) is 2.51. The molecule has 0 bridgehead atoms. The number of nitrogens with two attached hydrogens (primary N) is 1. The average Bonchev–Trinajstić information content (AvgIpc) is 3.02. The standard InChI is InChI=1S/C15H23N5/c1-10(2)13-8-14-15(17-5-6-20(14)19-13)18-9-11-3-4-12(16)7-11/h5-6,8,10-12H,3-4,7,9,16H2,1-2H3,(H,17,18). The predicted octanol–water partition coefficient (Wildman–Crippen LogP) is 2.39. The molecule has 0 amide bonds. The molecule has 2 aromatic heterocycles. The Bertz CT molecular complexity index is 589. The number of fused-ring (bicyclic) bond motifs is 1. The summed E-state index contributed by atoms with van der Waals surface area (Å²) in [6.07, 6.45) is 7.18. The lowest BCUT2D eigenvalue weighted by Gasteiger charge is -2.12. The van der Waals surface area contributed by atoms with Crippen LogP contribution in [0.15, 0.2) is 18.5 Å².